The molecular formula is C34H31F5N3NaO4. The molecule has 13 heteroatoms. The summed E-state index contributed by atoms with van der Waals surface area (Å²) < 4.78 is 79.6. The number of fused-ring (bicyclic) bond motifs is 1. The minimum atomic E-state index is -4.86. The van der Waals surface area contributed by atoms with Gasteiger partial charge < -0.3 is 25.3 Å². The van der Waals surface area contributed by atoms with Gasteiger partial charge in [-0.05, 0) is 55.6 Å². The van der Waals surface area contributed by atoms with Crippen LogP contribution in [0.5, 0.6) is 5.75 Å². The zero-order valence-electron chi connectivity index (χ0n) is 26.0. The van der Waals surface area contributed by atoms with Crippen molar-refractivity contribution in [3.63, 3.8) is 0 Å². The molecule has 47 heavy (non-hydrogen) atoms. The summed E-state index contributed by atoms with van der Waals surface area (Å²) in [7, 11) is 1.27. The first-order valence-electron chi connectivity index (χ1n) is 14.6. The van der Waals surface area contributed by atoms with E-state index in [4.69, 9.17) is 4.74 Å². The first-order chi connectivity index (χ1) is 21.9. The molecule has 2 unspecified atom stereocenters. The van der Waals surface area contributed by atoms with E-state index in [9.17, 15) is 27.9 Å². The number of carbonyl (C=O) groups is 1. The van der Waals surface area contributed by atoms with E-state index in [1.807, 2.05) is 12.1 Å². The maximum absolute atomic E-state index is 15.7. The van der Waals surface area contributed by atoms with Gasteiger partial charge >= 0.3 is 35.7 Å². The summed E-state index contributed by atoms with van der Waals surface area (Å²) in [6, 6.07) is 14.8. The molecule has 242 valence electrons. The van der Waals surface area contributed by atoms with E-state index < -0.39 is 59.0 Å². The van der Waals surface area contributed by atoms with Gasteiger partial charge in [-0.15, -0.1) is 0 Å². The number of aromatic nitrogens is 1. The molecule has 0 saturated heterocycles. The van der Waals surface area contributed by atoms with Crippen molar-refractivity contribution in [3.8, 4) is 16.9 Å². The molecule has 0 saturated carbocycles. The van der Waals surface area contributed by atoms with E-state index in [2.05, 4.69) is 10.6 Å². The van der Waals surface area contributed by atoms with Crippen molar-refractivity contribution >= 4 is 11.8 Å². The topological polar surface area (TPSA) is 95.4 Å². The van der Waals surface area contributed by atoms with Crippen molar-refractivity contribution < 1.29 is 66.1 Å². The normalized spacial score (nSPS) is 14.6. The van der Waals surface area contributed by atoms with E-state index in [1.54, 1.807) is 18.2 Å². The third-order valence-corrected chi connectivity index (χ3v) is 8.29. The van der Waals surface area contributed by atoms with Crippen LogP contribution >= 0.6 is 0 Å². The molecule has 2 N–H and O–H groups in total. The molecule has 7 nitrogen and oxygen atoms in total. The van der Waals surface area contributed by atoms with E-state index in [0.29, 0.717) is 0 Å². The number of hydrogen-bond acceptors (Lipinski definition) is 6. The van der Waals surface area contributed by atoms with Crippen LogP contribution < -0.4 is 55.6 Å². The van der Waals surface area contributed by atoms with Crippen LogP contribution in [-0.2, 0) is 17.4 Å². The Balaban J connectivity index is 0.00000500. The summed E-state index contributed by atoms with van der Waals surface area (Å²) in [4.78, 5) is 25.5. The van der Waals surface area contributed by atoms with Gasteiger partial charge in [0.2, 0.25) is 0 Å². The van der Waals surface area contributed by atoms with Gasteiger partial charge in [0.15, 0.2) is 11.6 Å². The van der Waals surface area contributed by atoms with E-state index in [1.165, 1.54) is 36.8 Å². The summed E-state index contributed by atoms with van der Waals surface area (Å²) in [6.07, 6.45) is -5.36. The quantitative estimate of drug-likeness (QED) is 0.146. The van der Waals surface area contributed by atoms with Crippen LogP contribution in [0.1, 0.15) is 52.7 Å². The fourth-order valence-electron chi connectivity index (χ4n) is 6.13. The summed E-state index contributed by atoms with van der Waals surface area (Å²) in [5.74, 6) is -3.06. The standard InChI is InChI=1S/C34H32F5N3O4.Na/c1-19-22(17-23-24(34(37,38)39)12-7-13-25(23)35)32-41-18-26(31(20-9-4-3-5-10-20)40-16-8-15-28(43)44)42(32)33(45)29(19)21-11-6-14-27(46-2)30(21)36;/h3-7,9-14,26,31,40-41H,8,15-18H2,1-2H3,(H,43,44);/q;+1/p-1. The number of ether oxygens (including phenoxy) is 1. The van der Waals surface area contributed by atoms with E-state index in [-0.39, 0.29) is 89.3 Å². The molecule has 0 bridgehead atoms. The maximum Gasteiger partial charge on any atom is 1.00 e. The van der Waals surface area contributed by atoms with Gasteiger partial charge in [0, 0.05) is 35.6 Å². The molecule has 1 aliphatic heterocycles. The van der Waals surface area contributed by atoms with Crippen molar-refractivity contribution in [1.29, 1.82) is 0 Å². The molecule has 4 aromatic rings. The average molecular weight is 664 g/mol. The first kappa shape index (κ1) is 36.1. The number of nitrogens with one attached hydrogen (secondary N) is 2. The number of pyridine rings is 1. The van der Waals surface area contributed by atoms with Crippen LogP contribution in [-0.4, -0.2) is 30.7 Å². The molecular weight excluding hydrogens is 632 g/mol. The Morgan fingerprint density at radius 3 is 2.43 bits per heavy atom. The second-order valence-corrected chi connectivity index (χ2v) is 11.0. The number of anilines is 1. The van der Waals surface area contributed by atoms with Gasteiger partial charge in [0.1, 0.15) is 11.6 Å². The van der Waals surface area contributed by atoms with Crippen molar-refractivity contribution in [2.45, 2.75) is 44.4 Å². The van der Waals surface area contributed by atoms with Gasteiger partial charge in [0.25, 0.3) is 5.56 Å². The number of hydrogen-bond donors (Lipinski definition) is 2. The summed E-state index contributed by atoms with van der Waals surface area (Å²) >= 11 is 0. The fraction of sp³-hybridized carbons (Fsp3) is 0.294. The van der Waals surface area contributed by atoms with Crippen LogP contribution in [0.4, 0.5) is 27.8 Å². The zero-order valence-corrected chi connectivity index (χ0v) is 28.0. The summed E-state index contributed by atoms with van der Waals surface area (Å²) in [5, 5.41) is 17.5. The molecule has 1 aromatic heterocycles. The van der Waals surface area contributed by atoms with Gasteiger partial charge in [0.05, 0.1) is 30.3 Å². The summed E-state index contributed by atoms with van der Waals surface area (Å²) in [6.45, 7) is 1.89. The second-order valence-electron chi connectivity index (χ2n) is 11.0. The first-order valence-corrected chi connectivity index (χ1v) is 14.6. The molecule has 1 aliphatic rings. The number of halogens is 5. The van der Waals surface area contributed by atoms with Crippen molar-refractivity contribution in [1.82, 2.24) is 9.88 Å². The number of alkyl halides is 3. The van der Waals surface area contributed by atoms with Gasteiger partial charge in [-0.3, -0.25) is 9.36 Å². The predicted molar refractivity (Wildman–Crippen MR) is 161 cm³/mol. The van der Waals surface area contributed by atoms with Crippen LogP contribution in [0.2, 0.25) is 0 Å². The smallest absolute Gasteiger partial charge is 0.550 e. The Morgan fingerprint density at radius 1 is 1.06 bits per heavy atom. The van der Waals surface area contributed by atoms with Crippen LogP contribution in [0.15, 0.2) is 71.5 Å². The zero-order chi connectivity index (χ0) is 33.2. The van der Waals surface area contributed by atoms with Crippen LogP contribution in [0.25, 0.3) is 11.1 Å². The average Bonchev–Trinajstić information content (AvgIpc) is 3.45. The van der Waals surface area contributed by atoms with E-state index in [0.717, 1.165) is 23.8 Å². The van der Waals surface area contributed by atoms with Crippen LogP contribution in [0.3, 0.4) is 0 Å². The fourth-order valence-corrected chi connectivity index (χ4v) is 6.13. The number of aliphatic carboxylic acids is 1. The van der Waals surface area contributed by atoms with Crippen LogP contribution in [0, 0.1) is 18.6 Å². The summed E-state index contributed by atoms with van der Waals surface area (Å²) in [5.41, 5.74) is -1.46. The minimum absolute atomic E-state index is 0. The van der Waals surface area contributed by atoms with Crippen molar-refractivity contribution in [2.75, 3.05) is 25.5 Å². The number of carbonyl (C=O) groups excluding carboxylic acids is 1. The van der Waals surface area contributed by atoms with Gasteiger partial charge in [-0.2, -0.15) is 13.2 Å². The Kier molecular flexibility index (Phi) is 11.5. The molecule has 0 fully saturated rings. The SMILES string of the molecule is COc1cccc(-c2c(C)c(Cc3c(F)cccc3C(F)(F)F)c3n(c2=O)C(C(NCCCC(=O)[O-])c2ccccc2)CN3)c1F.[Na+]. The second kappa shape index (κ2) is 15.0. The minimum Gasteiger partial charge on any atom is -0.550 e. The van der Waals surface area contributed by atoms with Gasteiger partial charge in [-0.1, -0.05) is 48.5 Å². The van der Waals surface area contributed by atoms with Crippen molar-refractivity contribution in [2.24, 2.45) is 0 Å². The number of benzene rings is 3. The Morgan fingerprint density at radius 2 is 1.77 bits per heavy atom. The number of carboxylic acids is 1. The number of rotatable bonds is 11. The molecule has 2 atom stereocenters. The molecule has 2 heterocycles. The number of methoxy groups -OCH3 is 1. The third kappa shape index (κ3) is 7.40. The Labute approximate surface area is 290 Å². The molecule has 5 rings (SSSR count). The largest absolute Gasteiger partial charge is 1.00 e. The maximum atomic E-state index is 15.7. The predicted octanol–water partition coefficient (Wildman–Crippen LogP) is 2.55. The monoisotopic (exact) mass is 663 g/mol. The van der Waals surface area contributed by atoms with Crippen molar-refractivity contribution in [3.05, 3.63) is 117 Å². The molecule has 0 spiro atoms. The number of nitrogens with zero attached hydrogens (tertiary/aromatic N) is 1. The Hall–Kier alpha value is -3.71. The van der Waals surface area contributed by atoms with E-state index >= 15 is 8.78 Å². The molecule has 0 amide bonds. The number of carboxylic acid groups (broad SMARTS) is 1. The Bertz CT molecular complexity index is 1810. The van der Waals surface area contributed by atoms with Gasteiger partial charge in [-0.25, -0.2) is 8.78 Å². The third-order valence-electron chi connectivity index (χ3n) is 8.29. The molecule has 0 radical (unpaired) electrons. The molecule has 0 aliphatic carbocycles. The molecule has 3 aromatic carbocycles.